The number of aromatic hydroxyl groups is 1. The molecule has 0 bridgehead atoms. The van der Waals surface area contributed by atoms with Crippen molar-refractivity contribution in [2.75, 3.05) is 11.1 Å². The van der Waals surface area contributed by atoms with Crippen molar-refractivity contribution in [3.8, 4) is 5.75 Å². The van der Waals surface area contributed by atoms with E-state index in [9.17, 15) is 5.11 Å². The van der Waals surface area contributed by atoms with E-state index in [4.69, 9.17) is 10.8 Å². The van der Waals surface area contributed by atoms with Gasteiger partial charge in [-0.2, -0.15) is 0 Å². The lowest BCUT2D eigenvalue weighted by Crippen LogP contribution is -2.36. The minimum atomic E-state index is 0.173. The van der Waals surface area contributed by atoms with Gasteiger partial charge in [-0.15, -0.1) is 10.2 Å². The largest absolute Gasteiger partial charge is 0.512 e. The van der Waals surface area contributed by atoms with E-state index in [1.807, 2.05) is 39.0 Å². The molecule has 5 N–H and O–H groups in total. The maximum absolute atomic E-state index is 10.2. The van der Waals surface area contributed by atoms with E-state index < -0.39 is 0 Å². The van der Waals surface area contributed by atoms with Crippen LogP contribution in [0.1, 0.15) is 49.9 Å². The first kappa shape index (κ1) is 22.2. The standard InChI is InChI=1S/C18H22N4O.C7H8O/c1-10(2)15-16(11(3)23)18(22-21-17(15)19)20-14-9-8-12-6-4-5-7-13(12)14;1-6-2-4-7(8)5-3-6/h4-7,14,23H,8-9H2,1-3H3,(H2,19,21)(H,20,22);2-5,8H,1H3/b16-11-;. The summed E-state index contributed by atoms with van der Waals surface area (Å²) in [4.78, 5) is 0. The Morgan fingerprint density at radius 3 is 2.29 bits per heavy atom. The SMILES string of the molecule is CC(C)=c1c(N)nnc(NC2CCc3ccccc32)/c1=C(/C)O.Cc1ccc(O)cc1. The van der Waals surface area contributed by atoms with E-state index in [2.05, 4.69) is 33.7 Å². The number of aromatic nitrogens is 2. The van der Waals surface area contributed by atoms with Crippen molar-refractivity contribution in [3.05, 3.63) is 75.7 Å². The van der Waals surface area contributed by atoms with Crippen LogP contribution in [-0.4, -0.2) is 20.4 Å². The number of nitrogens with one attached hydrogen (secondary N) is 1. The molecule has 6 heteroatoms. The van der Waals surface area contributed by atoms with Crippen molar-refractivity contribution >= 4 is 23.0 Å². The van der Waals surface area contributed by atoms with Crippen molar-refractivity contribution in [1.82, 2.24) is 10.2 Å². The summed E-state index contributed by atoms with van der Waals surface area (Å²) in [6.07, 6.45) is 2.04. The van der Waals surface area contributed by atoms with Crippen LogP contribution in [0.15, 0.2) is 48.5 Å². The van der Waals surface area contributed by atoms with Gasteiger partial charge in [-0.3, -0.25) is 0 Å². The molecule has 0 amide bonds. The molecule has 1 atom stereocenters. The van der Waals surface area contributed by atoms with E-state index >= 15 is 0 Å². The van der Waals surface area contributed by atoms with Crippen LogP contribution in [0.5, 0.6) is 5.75 Å². The molecular formula is C25H30N4O2. The van der Waals surface area contributed by atoms with Crippen molar-refractivity contribution in [2.45, 2.75) is 46.6 Å². The number of aryl methyl sites for hydroxylation is 2. The molecular weight excluding hydrogens is 388 g/mol. The quantitative estimate of drug-likeness (QED) is 0.505. The van der Waals surface area contributed by atoms with E-state index in [1.165, 1.54) is 16.7 Å². The van der Waals surface area contributed by atoms with Gasteiger partial charge in [0.25, 0.3) is 0 Å². The molecule has 162 valence electrons. The highest BCUT2D eigenvalue weighted by Gasteiger charge is 2.23. The third kappa shape index (κ3) is 5.15. The Balaban J connectivity index is 0.000000287. The molecule has 4 rings (SSSR count). The van der Waals surface area contributed by atoms with E-state index in [1.54, 1.807) is 19.1 Å². The molecule has 31 heavy (non-hydrogen) atoms. The molecule has 3 aromatic rings. The number of phenolic OH excluding ortho intramolecular Hbond substituents is 1. The van der Waals surface area contributed by atoms with Crippen LogP contribution in [0, 0.1) is 6.92 Å². The van der Waals surface area contributed by atoms with Gasteiger partial charge in [0.15, 0.2) is 11.6 Å². The van der Waals surface area contributed by atoms with E-state index in [0.717, 1.165) is 23.6 Å². The van der Waals surface area contributed by atoms with Gasteiger partial charge in [0.1, 0.15) is 11.5 Å². The van der Waals surface area contributed by atoms with Crippen LogP contribution in [0.2, 0.25) is 0 Å². The Labute approximate surface area is 182 Å². The van der Waals surface area contributed by atoms with Crippen LogP contribution in [-0.2, 0) is 6.42 Å². The van der Waals surface area contributed by atoms with Gasteiger partial charge < -0.3 is 21.3 Å². The van der Waals surface area contributed by atoms with Gasteiger partial charge >= 0.3 is 0 Å². The van der Waals surface area contributed by atoms with Crippen molar-refractivity contribution in [3.63, 3.8) is 0 Å². The average Bonchev–Trinajstić information content (AvgIpc) is 3.14. The molecule has 0 saturated heterocycles. The first-order valence-electron chi connectivity index (χ1n) is 10.4. The number of aliphatic hydroxyl groups is 1. The molecule has 1 aromatic heterocycles. The first-order chi connectivity index (χ1) is 14.8. The number of nitrogens with zero attached hydrogens (tertiary/aromatic N) is 2. The zero-order chi connectivity index (χ0) is 22.5. The lowest BCUT2D eigenvalue weighted by atomic mass is 10.1. The van der Waals surface area contributed by atoms with Crippen LogP contribution >= 0.6 is 0 Å². The Kier molecular flexibility index (Phi) is 6.80. The first-order valence-corrected chi connectivity index (χ1v) is 10.4. The Hall–Kier alpha value is -3.54. The lowest BCUT2D eigenvalue weighted by Gasteiger charge is -2.16. The fraction of sp³-hybridized carbons (Fsp3) is 0.280. The van der Waals surface area contributed by atoms with Crippen molar-refractivity contribution in [2.24, 2.45) is 0 Å². The smallest absolute Gasteiger partial charge is 0.160 e. The normalized spacial score (nSPS) is 15.4. The molecule has 0 saturated carbocycles. The third-order valence-corrected chi connectivity index (χ3v) is 5.34. The van der Waals surface area contributed by atoms with Crippen LogP contribution in [0.4, 0.5) is 11.6 Å². The van der Waals surface area contributed by atoms with Crippen molar-refractivity contribution < 1.29 is 10.2 Å². The van der Waals surface area contributed by atoms with Crippen LogP contribution in [0.25, 0.3) is 11.3 Å². The Bertz CT molecular complexity index is 1160. The molecule has 0 spiro atoms. The number of hydrogen-bond acceptors (Lipinski definition) is 6. The molecule has 1 aliphatic rings. The minimum absolute atomic E-state index is 0.173. The van der Waals surface area contributed by atoms with Gasteiger partial charge in [-0.05, 0) is 63.8 Å². The monoisotopic (exact) mass is 418 g/mol. The summed E-state index contributed by atoms with van der Waals surface area (Å²) in [6.45, 7) is 7.54. The summed E-state index contributed by atoms with van der Waals surface area (Å²) >= 11 is 0. The Morgan fingerprint density at radius 1 is 1.00 bits per heavy atom. The molecule has 6 nitrogen and oxygen atoms in total. The van der Waals surface area contributed by atoms with Crippen LogP contribution in [0.3, 0.4) is 0 Å². The second-order valence-corrected chi connectivity index (χ2v) is 8.04. The molecule has 1 aliphatic carbocycles. The third-order valence-electron chi connectivity index (χ3n) is 5.34. The van der Waals surface area contributed by atoms with Crippen LogP contribution < -0.4 is 21.5 Å². The number of fused-ring (bicyclic) bond motifs is 1. The molecule has 0 radical (unpaired) electrons. The number of phenols is 1. The predicted molar refractivity (Wildman–Crippen MR) is 126 cm³/mol. The lowest BCUT2D eigenvalue weighted by molar-refractivity contribution is 0.475. The Morgan fingerprint density at radius 2 is 1.68 bits per heavy atom. The second-order valence-electron chi connectivity index (χ2n) is 8.04. The number of anilines is 2. The number of aliphatic hydroxyl groups excluding tert-OH is 1. The maximum Gasteiger partial charge on any atom is 0.160 e. The summed E-state index contributed by atoms with van der Waals surface area (Å²) in [6, 6.07) is 15.7. The maximum atomic E-state index is 10.2. The zero-order valence-corrected chi connectivity index (χ0v) is 18.5. The summed E-state index contributed by atoms with van der Waals surface area (Å²) in [5.74, 6) is 1.44. The average molecular weight is 419 g/mol. The summed E-state index contributed by atoms with van der Waals surface area (Å²) in [5.41, 5.74) is 10.8. The fourth-order valence-electron chi connectivity index (χ4n) is 3.83. The zero-order valence-electron chi connectivity index (χ0n) is 18.5. The fourth-order valence-corrected chi connectivity index (χ4v) is 3.83. The molecule has 0 fully saturated rings. The summed E-state index contributed by atoms with van der Waals surface area (Å²) in [5, 5.41) is 32.0. The highest BCUT2D eigenvalue weighted by atomic mass is 16.3. The highest BCUT2D eigenvalue weighted by Crippen LogP contribution is 2.32. The van der Waals surface area contributed by atoms with Gasteiger partial charge in [0, 0.05) is 5.22 Å². The molecule has 0 aliphatic heterocycles. The van der Waals surface area contributed by atoms with Gasteiger partial charge in [0.2, 0.25) is 0 Å². The molecule has 1 heterocycles. The molecule has 1 unspecified atom stereocenters. The minimum Gasteiger partial charge on any atom is -0.512 e. The number of rotatable bonds is 2. The summed E-state index contributed by atoms with van der Waals surface area (Å²) in [7, 11) is 0. The van der Waals surface area contributed by atoms with Crippen molar-refractivity contribution in [1.29, 1.82) is 0 Å². The van der Waals surface area contributed by atoms with E-state index in [-0.39, 0.29) is 11.8 Å². The topological polar surface area (TPSA) is 104 Å². The predicted octanol–water partition coefficient (Wildman–Crippen LogP) is 3.74. The molecule has 2 aromatic carbocycles. The van der Waals surface area contributed by atoms with Gasteiger partial charge in [0.05, 0.1) is 11.3 Å². The number of nitrogens with two attached hydrogens (primary N) is 1. The number of nitrogen functional groups attached to an aromatic ring is 1. The van der Waals surface area contributed by atoms with Gasteiger partial charge in [-0.1, -0.05) is 47.5 Å². The number of hydrogen-bond donors (Lipinski definition) is 4. The highest BCUT2D eigenvalue weighted by molar-refractivity contribution is 5.57. The number of benzene rings is 2. The summed E-state index contributed by atoms with van der Waals surface area (Å²) < 4.78 is 0. The van der Waals surface area contributed by atoms with E-state index in [0.29, 0.717) is 22.6 Å². The van der Waals surface area contributed by atoms with Gasteiger partial charge in [-0.25, -0.2) is 0 Å². The second kappa shape index (κ2) is 9.51.